The summed E-state index contributed by atoms with van der Waals surface area (Å²) < 4.78 is 0. The van der Waals surface area contributed by atoms with E-state index in [1.807, 2.05) is 19.9 Å². The van der Waals surface area contributed by atoms with Crippen molar-refractivity contribution in [2.24, 2.45) is 5.92 Å². The first-order valence-corrected chi connectivity index (χ1v) is 11.7. The molecule has 2 atom stereocenters. The van der Waals surface area contributed by atoms with Gasteiger partial charge in [-0.1, -0.05) is 42.0 Å². The van der Waals surface area contributed by atoms with Gasteiger partial charge in [-0.25, -0.2) is 4.79 Å². The number of rotatable bonds is 10. The fourth-order valence-electron chi connectivity index (χ4n) is 1.74. The first-order valence-electron chi connectivity index (χ1n) is 6.80. The highest BCUT2D eigenvalue weighted by molar-refractivity contribution is 9.26. The number of carbonyl (C=O) groups is 2. The molecule has 0 bridgehead atoms. The van der Waals surface area contributed by atoms with Gasteiger partial charge in [0.1, 0.15) is 0 Å². The van der Waals surface area contributed by atoms with Crippen LogP contribution in [-0.4, -0.2) is 27.4 Å². The number of allylic oxidation sites excluding steroid dienone is 1. The lowest BCUT2D eigenvalue weighted by molar-refractivity contribution is -0.140. The number of benzene rings is 1. The third kappa shape index (κ3) is 7.60. The van der Waals surface area contributed by atoms with E-state index >= 15 is 0 Å². The Kier molecular flexibility index (Phi) is 9.69. The molecule has 1 aromatic carbocycles. The molecule has 0 spiro atoms. The van der Waals surface area contributed by atoms with E-state index in [2.05, 4.69) is 0 Å². The number of hydrogen-bond donors (Lipinski definition) is 2. The van der Waals surface area contributed by atoms with Crippen LogP contribution < -0.4 is 0 Å². The zero-order valence-corrected chi connectivity index (χ0v) is 15.9. The van der Waals surface area contributed by atoms with E-state index in [1.54, 1.807) is 41.1 Å². The van der Waals surface area contributed by atoms with Crippen LogP contribution in [0.1, 0.15) is 30.6 Å². The van der Waals surface area contributed by atoms with Crippen LogP contribution in [-0.2, 0) is 4.79 Å². The van der Waals surface area contributed by atoms with E-state index in [1.165, 1.54) is 30.4 Å². The van der Waals surface area contributed by atoms with Crippen molar-refractivity contribution in [3.05, 3.63) is 42.0 Å². The van der Waals surface area contributed by atoms with Crippen LogP contribution in [0.15, 0.2) is 41.3 Å². The van der Waals surface area contributed by atoms with Gasteiger partial charge in [0.2, 0.25) is 0 Å². The third-order valence-electron chi connectivity index (χ3n) is 2.80. The number of aromatic carboxylic acids is 1. The Hall–Kier alpha value is -0.700. The average molecular weight is 391 g/mol. The molecule has 0 aromatic heterocycles. The molecule has 2 unspecified atom stereocenters. The molecule has 0 fully saturated rings. The topological polar surface area (TPSA) is 74.6 Å². The maximum Gasteiger partial charge on any atom is 0.336 e. The lowest BCUT2D eigenvalue weighted by Crippen LogP contribution is -2.15. The minimum Gasteiger partial charge on any atom is -0.481 e. The number of carboxylic acid groups (broad SMARTS) is 2. The summed E-state index contributed by atoms with van der Waals surface area (Å²) in [6.07, 6.45) is 4.03. The molecule has 4 nitrogen and oxygen atoms in total. The Balaban J connectivity index is 2.40. The van der Waals surface area contributed by atoms with Crippen molar-refractivity contribution in [3.8, 4) is 0 Å². The van der Waals surface area contributed by atoms with Crippen molar-refractivity contribution in [3.63, 3.8) is 0 Å². The Labute approximate surface area is 151 Å². The lowest BCUT2D eigenvalue weighted by Gasteiger charge is -2.13. The standard InChI is InChI=1S/C15H18O4S4/c1-3-6-11(14(16)17)9-10(2)20-22-23-21-13-8-5-4-7-12(13)15(18)19/h3-8,10-11H,9H2,1-2H3,(H,16,17)(H,18,19)/b6-3-. The largest absolute Gasteiger partial charge is 0.481 e. The highest BCUT2D eigenvalue weighted by Crippen LogP contribution is 2.49. The SMILES string of the molecule is C/C=C\C(CC(C)SSSSc1ccccc1C(=O)O)C(=O)O. The minimum atomic E-state index is -0.935. The Morgan fingerprint density at radius 1 is 1.22 bits per heavy atom. The summed E-state index contributed by atoms with van der Waals surface area (Å²) in [5, 5.41) is 18.4. The van der Waals surface area contributed by atoms with Crippen molar-refractivity contribution in [1.82, 2.24) is 0 Å². The third-order valence-corrected chi connectivity index (χ3v) is 9.51. The van der Waals surface area contributed by atoms with Gasteiger partial charge in [-0.3, -0.25) is 4.79 Å². The highest BCUT2D eigenvalue weighted by Gasteiger charge is 2.18. The summed E-state index contributed by atoms with van der Waals surface area (Å²) in [5.74, 6) is -2.21. The monoisotopic (exact) mass is 390 g/mol. The van der Waals surface area contributed by atoms with Gasteiger partial charge in [-0.15, -0.1) is 0 Å². The van der Waals surface area contributed by atoms with Crippen molar-refractivity contribution in [2.75, 3.05) is 0 Å². The fourth-order valence-corrected chi connectivity index (χ4v) is 8.17. The van der Waals surface area contributed by atoms with Crippen LogP contribution in [0.3, 0.4) is 0 Å². The predicted molar refractivity (Wildman–Crippen MR) is 102 cm³/mol. The zero-order chi connectivity index (χ0) is 17.2. The quantitative estimate of drug-likeness (QED) is 0.309. The molecule has 0 radical (unpaired) electrons. The maximum absolute atomic E-state index is 11.1. The number of hydrogen-bond acceptors (Lipinski definition) is 6. The van der Waals surface area contributed by atoms with E-state index < -0.39 is 17.9 Å². The normalized spacial score (nSPS) is 13.8. The summed E-state index contributed by atoms with van der Waals surface area (Å²) in [6.45, 7) is 3.81. The molecule has 23 heavy (non-hydrogen) atoms. The first kappa shape index (κ1) is 20.3. The van der Waals surface area contributed by atoms with Gasteiger partial charge in [0, 0.05) is 10.1 Å². The van der Waals surface area contributed by atoms with E-state index in [4.69, 9.17) is 10.2 Å². The van der Waals surface area contributed by atoms with Gasteiger partial charge in [-0.2, -0.15) is 0 Å². The zero-order valence-electron chi connectivity index (χ0n) is 12.7. The van der Waals surface area contributed by atoms with Crippen LogP contribution in [0.25, 0.3) is 0 Å². The average Bonchev–Trinajstić information content (AvgIpc) is 2.51. The number of aliphatic carboxylic acids is 1. The second kappa shape index (κ2) is 11.0. The molecular formula is C15H18O4S4. The van der Waals surface area contributed by atoms with Gasteiger partial charge in [0.05, 0.1) is 11.5 Å². The van der Waals surface area contributed by atoms with Crippen LogP contribution in [0.2, 0.25) is 0 Å². The van der Waals surface area contributed by atoms with E-state index in [0.29, 0.717) is 16.9 Å². The maximum atomic E-state index is 11.1. The molecular weight excluding hydrogens is 372 g/mol. The van der Waals surface area contributed by atoms with Crippen molar-refractivity contribution < 1.29 is 19.8 Å². The van der Waals surface area contributed by atoms with Crippen molar-refractivity contribution >= 4 is 53.2 Å². The molecule has 0 aliphatic carbocycles. The molecule has 0 aliphatic heterocycles. The molecule has 126 valence electrons. The smallest absolute Gasteiger partial charge is 0.336 e. The van der Waals surface area contributed by atoms with E-state index in [-0.39, 0.29) is 5.25 Å². The summed E-state index contributed by atoms with van der Waals surface area (Å²) in [7, 11) is 6.01. The van der Waals surface area contributed by atoms with E-state index in [0.717, 1.165) is 0 Å². The highest BCUT2D eigenvalue weighted by atomic mass is 33.7. The second-order valence-electron chi connectivity index (χ2n) is 4.63. The van der Waals surface area contributed by atoms with Gasteiger partial charge in [-0.05, 0) is 55.9 Å². The molecule has 1 aromatic rings. The van der Waals surface area contributed by atoms with Crippen LogP contribution in [0, 0.1) is 5.92 Å². The molecule has 0 heterocycles. The van der Waals surface area contributed by atoms with Gasteiger partial charge in [0.25, 0.3) is 0 Å². The Morgan fingerprint density at radius 3 is 2.52 bits per heavy atom. The second-order valence-corrected chi connectivity index (χ2v) is 10.9. The van der Waals surface area contributed by atoms with Gasteiger partial charge < -0.3 is 10.2 Å². The minimum absolute atomic E-state index is 0.181. The van der Waals surface area contributed by atoms with Crippen LogP contribution >= 0.6 is 41.2 Å². The lowest BCUT2D eigenvalue weighted by atomic mass is 10.0. The van der Waals surface area contributed by atoms with Gasteiger partial charge >= 0.3 is 11.9 Å². The predicted octanol–water partition coefficient (Wildman–Crippen LogP) is 5.48. The molecule has 0 amide bonds. The molecule has 1 rings (SSSR count). The van der Waals surface area contributed by atoms with Crippen molar-refractivity contribution in [2.45, 2.75) is 30.4 Å². The first-order chi connectivity index (χ1) is 11.0. The molecule has 8 heteroatoms. The van der Waals surface area contributed by atoms with Crippen molar-refractivity contribution in [1.29, 1.82) is 0 Å². The van der Waals surface area contributed by atoms with Crippen LogP contribution in [0.4, 0.5) is 0 Å². The summed E-state index contributed by atoms with van der Waals surface area (Å²) >= 11 is 0. The fraction of sp³-hybridized carbons (Fsp3) is 0.333. The molecule has 2 N–H and O–H groups in total. The summed E-state index contributed by atoms with van der Waals surface area (Å²) in [5.41, 5.74) is 0.294. The summed E-state index contributed by atoms with van der Waals surface area (Å²) in [4.78, 5) is 22.9. The number of carboxylic acids is 2. The molecule has 0 aliphatic rings. The summed E-state index contributed by atoms with van der Waals surface area (Å²) in [6, 6.07) is 6.88. The Morgan fingerprint density at radius 2 is 1.91 bits per heavy atom. The van der Waals surface area contributed by atoms with E-state index in [9.17, 15) is 9.59 Å². The molecule has 0 saturated heterocycles. The Bertz CT molecular complexity index is 562. The van der Waals surface area contributed by atoms with Crippen LogP contribution in [0.5, 0.6) is 0 Å². The van der Waals surface area contributed by atoms with Gasteiger partial charge in [0.15, 0.2) is 0 Å². The molecule has 0 saturated carbocycles.